The quantitative estimate of drug-likeness (QED) is 0.828. The van der Waals surface area contributed by atoms with Crippen molar-refractivity contribution in [2.24, 2.45) is 0 Å². The minimum Gasteiger partial charge on any atom is -0.369 e. The molecular formula is C13H18N4. The molecule has 0 unspecified atom stereocenters. The van der Waals surface area contributed by atoms with Crippen molar-refractivity contribution in [1.82, 2.24) is 10.3 Å². The van der Waals surface area contributed by atoms with Crippen LogP contribution in [0.5, 0.6) is 0 Å². The summed E-state index contributed by atoms with van der Waals surface area (Å²) in [5.41, 5.74) is 1.64. The largest absolute Gasteiger partial charge is 0.369 e. The summed E-state index contributed by atoms with van der Waals surface area (Å²) in [4.78, 5) is 4.22. The molecule has 90 valence electrons. The molecule has 2 rings (SSSR count). The van der Waals surface area contributed by atoms with E-state index in [1.165, 1.54) is 12.8 Å². The van der Waals surface area contributed by atoms with Gasteiger partial charge >= 0.3 is 0 Å². The van der Waals surface area contributed by atoms with Crippen LogP contribution in [0.25, 0.3) is 0 Å². The van der Waals surface area contributed by atoms with Crippen LogP contribution in [0.15, 0.2) is 12.3 Å². The summed E-state index contributed by atoms with van der Waals surface area (Å²) >= 11 is 0. The van der Waals surface area contributed by atoms with E-state index in [9.17, 15) is 0 Å². The lowest BCUT2D eigenvalue weighted by Gasteiger charge is -2.12. The number of aryl methyl sites for hydroxylation is 1. The monoisotopic (exact) mass is 230 g/mol. The molecule has 0 amide bonds. The van der Waals surface area contributed by atoms with Crippen LogP contribution in [-0.2, 0) is 0 Å². The van der Waals surface area contributed by atoms with Gasteiger partial charge in [-0.05, 0) is 44.4 Å². The average molecular weight is 230 g/mol. The fraction of sp³-hybridized carbons (Fsp3) is 0.538. The van der Waals surface area contributed by atoms with Gasteiger partial charge in [0.25, 0.3) is 0 Å². The molecule has 4 nitrogen and oxygen atoms in total. The summed E-state index contributed by atoms with van der Waals surface area (Å²) in [6, 6.07) is 4.69. The number of nitrogens with one attached hydrogen (secondary N) is 2. The van der Waals surface area contributed by atoms with Crippen LogP contribution in [0.3, 0.4) is 0 Å². The van der Waals surface area contributed by atoms with Crippen molar-refractivity contribution in [3.05, 3.63) is 23.4 Å². The number of hydrogen-bond acceptors (Lipinski definition) is 4. The van der Waals surface area contributed by atoms with Gasteiger partial charge in [0.15, 0.2) is 0 Å². The van der Waals surface area contributed by atoms with Gasteiger partial charge in [-0.15, -0.1) is 0 Å². The number of pyridine rings is 1. The van der Waals surface area contributed by atoms with Gasteiger partial charge < -0.3 is 10.6 Å². The molecule has 0 aliphatic carbocycles. The fourth-order valence-corrected chi connectivity index (χ4v) is 2.20. The molecule has 1 aromatic heterocycles. The SMILES string of the molecule is Cc1ccnc(NCC[C@H]2CCCN2)c1C#N. The summed E-state index contributed by atoms with van der Waals surface area (Å²) < 4.78 is 0. The molecule has 1 saturated heterocycles. The van der Waals surface area contributed by atoms with Crippen LogP contribution in [0.2, 0.25) is 0 Å². The van der Waals surface area contributed by atoms with Crippen LogP contribution in [0.1, 0.15) is 30.4 Å². The molecule has 2 heterocycles. The van der Waals surface area contributed by atoms with Crippen molar-refractivity contribution in [1.29, 1.82) is 5.26 Å². The highest BCUT2D eigenvalue weighted by molar-refractivity contribution is 5.55. The van der Waals surface area contributed by atoms with Gasteiger partial charge in [0.05, 0.1) is 5.56 Å². The Morgan fingerprint density at radius 1 is 1.65 bits per heavy atom. The zero-order valence-corrected chi connectivity index (χ0v) is 10.2. The van der Waals surface area contributed by atoms with Crippen molar-refractivity contribution in [3.8, 4) is 6.07 Å². The standard InChI is InChI=1S/C13H18N4/c1-10-4-7-16-13(12(10)9-14)17-8-5-11-3-2-6-15-11/h4,7,11,15H,2-3,5-6,8H2,1H3,(H,16,17)/t11-/m1/s1. The van der Waals surface area contributed by atoms with E-state index < -0.39 is 0 Å². The number of nitriles is 1. The first kappa shape index (κ1) is 11.9. The Bertz CT molecular complexity index is 416. The van der Waals surface area contributed by atoms with E-state index in [2.05, 4.69) is 21.7 Å². The molecule has 17 heavy (non-hydrogen) atoms. The highest BCUT2D eigenvalue weighted by Crippen LogP contribution is 2.15. The Balaban J connectivity index is 1.90. The average Bonchev–Trinajstić information content (AvgIpc) is 2.82. The maximum atomic E-state index is 9.07. The summed E-state index contributed by atoms with van der Waals surface area (Å²) in [6.45, 7) is 3.93. The van der Waals surface area contributed by atoms with Crippen molar-refractivity contribution in [2.45, 2.75) is 32.2 Å². The van der Waals surface area contributed by atoms with E-state index >= 15 is 0 Å². The molecule has 1 aliphatic heterocycles. The van der Waals surface area contributed by atoms with Gasteiger partial charge in [-0.25, -0.2) is 4.98 Å². The van der Waals surface area contributed by atoms with Gasteiger partial charge in [-0.1, -0.05) is 0 Å². The molecule has 1 atom stereocenters. The number of hydrogen-bond donors (Lipinski definition) is 2. The lowest BCUT2D eigenvalue weighted by molar-refractivity contribution is 0.574. The summed E-state index contributed by atoms with van der Waals surface area (Å²) in [6.07, 6.45) is 5.36. The van der Waals surface area contributed by atoms with Crippen LogP contribution < -0.4 is 10.6 Å². The third kappa shape index (κ3) is 2.95. The third-order valence-electron chi connectivity index (χ3n) is 3.22. The maximum absolute atomic E-state index is 9.07. The third-order valence-corrected chi connectivity index (χ3v) is 3.22. The van der Waals surface area contributed by atoms with E-state index in [1.54, 1.807) is 6.20 Å². The second-order valence-electron chi connectivity index (χ2n) is 4.47. The lowest BCUT2D eigenvalue weighted by atomic mass is 10.1. The van der Waals surface area contributed by atoms with Gasteiger partial charge in [0.1, 0.15) is 11.9 Å². The Kier molecular flexibility index (Phi) is 3.94. The van der Waals surface area contributed by atoms with Gasteiger partial charge in [-0.2, -0.15) is 5.26 Å². The maximum Gasteiger partial charge on any atom is 0.144 e. The van der Waals surface area contributed by atoms with E-state index in [4.69, 9.17) is 5.26 Å². The van der Waals surface area contributed by atoms with Crippen molar-refractivity contribution < 1.29 is 0 Å². The molecule has 0 radical (unpaired) electrons. The molecule has 0 saturated carbocycles. The summed E-state index contributed by atoms with van der Waals surface area (Å²) in [5.74, 6) is 0.713. The molecule has 0 bridgehead atoms. The molecule has 1 aliphatic rings. The molecule has 1 aromatic rings. The molecule has 4 heteroatoms. The van der Waals surface area contributed by atoms with Crippen LogP contribution >= 0.6 is 0 Å². The first-order valence-corrected chi connectivity index (χ1v) is 6.14. The normalized spacial score (nSPS) is 18.9. The summed E-state index contributed by atoms with van der Waals surface area (Å²) in [7, 11) is 0. The number of anilines is 1. The fourth-order valence-electron chi connectivity index (χ4n) is 2.20. The van der Waals surface area contributed by atoms with Gasteiger partial charge in [-0.3, -0.25) is 0 Å². The van der Waals surface area contributed by atoms with Crippen LogP contribution in [0, 0.1) is 18.3 Å². The topological polar surface area (TPSA) is 60.7 Å². The van der Waals surface area contributed by atoms with Crippen LogP contribution in [-0.4, -0.2) is 24.1 Å². The van der Waals surface area contributed by atoms with Crippen molar-refractivity contribution >= 4 is 5.82 Å². The van der Waals surface area contributed by atoms with Crippen molar-refractivity contribution in [3.63, 3.8) is 0 Å². The number of nitrogens with zero attached hydrogens (tertiary/aromatic N) is 2. The molecule has 0 spiro atoms. The Labute approximate surface area is 102 Å². The zero-order chi connectivity index (χ0) is 12.1. The van der Waals surface area contributed by atoms with Gasteiger partial charge in [0.2, 0.25) is 0 Å². The first-order valence-electron chi connectivity index (χ1n) is 6.14. The minimum absolute atomic E-state index is 0.623. The first-order chi connectivity index (χ1) is 8.31. The van der Waals surface area contributed by atoms with E-state index in [-0.39, 0.29) is 0 Å². The highest BCUT2D eigenvalue weighted by atomic mass is 15.0. The minimum atomic E-state index is 0.623. The highest BCUT2D eigenvalue weighted by Gasteiger charge is 2.13. The molecule has 0 aromatic carbocycles. The second kappa shape index (κ2) is 5.65. The number of aromatic nitrogens is 1. The van der Waals surface area contributed by atoms with E-state index in [0.717, 1.165) is 25.1 Å². The zero-order valence-electron chi connectivity index (χ0n) is 10.2. The Morgan fingerprint density at radius 2 is 2.53 bits per heavy atom. The molecular weight excluding hydrogens is 212 g/mol. The van der Waals surface area contributed by atoms with Crippen molar-refractivity contribution in [2.75, 3.05) is 18.4 Å². The predicted molar refractivity (Wildman–Crippen MR) is 67.8 cm³/mol. The Hall–Kier alpha value is -1.60. The smallest absolute Gasteiger partial charge is 0.144 e. The second-order valence-corrected chi connectivity index (χ2v) is 4.47. The Morgan fingerprint density at radius 3 is 3.24 bits per heavy atom. The van der Waals surface area contributed by atoms with E-state index in [0.29, 0.717) is 17.4 Å². The number of rotatable bonds is 4. The van der Waals surface area contributed by atoms with E-state index in [1.807, 2.05) is 13.0 Å². The predicted octanol–water partition coefficient (Wildman–Crippen LogP) is 1.82. The molecule has 2 N–H and O–H groups in total. The van der Waals surface area contributed by atoms with Gasteiger partial charge in [0, 0.05) is 18.8 Å². The van der Waals surface area contributed by atoms with Crippen LogP contribution in [0.4, 0.5) is 5.82 Å². The lowest BCUT2D eigenvalue weighted by Crippen LogP contribution is -2.24. The molecule has 1 fully saturated rings. The summed E-state index contributed by atoms with van der Waals surface area (Å²) in [5, 5.41) is 15.8.